The second-order valence-electron chi connectivity index (χ2n) is 4.42. The van der Waals surface area contributed by atoms with Crippen LogP contribution in [0.3, 0.4) is 0 Å². The van der Waals surface area contributed by atoms with Crippen molar-refractivity contribution < 1.29 is 9.13 Å². The Bertz CT molecular complexity index is 557. The molecule has 0 saturated heterocycles. The normalized spacial score (nSPS) is 10.6. The zero-order chi connectivity index (χ0) is 14.4. The number of benzene rings is 2. The molecule has 2 aromatic carbocycles. The van der Waals surface area contributed by atoms with Crippen molar-refractivity contribution in [1.29, 1.82) is 0 Å². The first-order valence-corrected chi connectivity index (χ1v) is 7.35. The quantitative estimate of drug-likeness (QED) is 0.849. The molecule has 0 aromatic heterocycles. The van der Waals surface area contributed by atoms with Gasteiger partial charge in [-0.1, -0.05) is 47.1 Å². The Morgan fingerprint density at radius 3 is 2.60 bits per heavy atom. The van der Waals surface area contributed by atoms with Crippen molar-refractivity contribution in [2.24, 2.45) is 0 Å². The van der Waals surface area contributed by atoms with Crippen molar-refractivity contribution in [3.63, 3.8) is 0 Å². The van der Waals surface area contributed by atoms with E-state index in [1.54, 1.807) is 6.07 Å². The van der Waals surface area contributed by atoms with E-state index in [1.807, 2.05) is 37.3 Å². The number of hydrogen-bond donors (Lipinski definition) is 1. The summed E-state index contributed by atoms with van der Waals surface area (Å²) < 4.78 is 20.6. The summed E-state index contributed by atoms with van der Waals surface area (Å²) in [6.45, 7) is 3.81. The third-order valence-corrected chi connectivity index (χ3v) is 3.44. The highest BCUT2D eigenvalue weighted by atomic mass is 79.9. The summed E-state index contributed by atoms with van der Waals surface area (Å²) in [7, 11) is 0. The highest BCUT2D eigenvalue weighted by molar-refractivity contribution is 9.10. The van der Waals surface area contributed by atoms with E-state index in [0.29, 0.717) is 18.9 Å². The number of rotatable bonds is 6. The van der Waals surface area contributed by atoms with Crippen LogP contribution in [0.4, 0.5) is 4.39 Å². The van der Waals surface area contributed by atoms with Crippen LogP contribution in [-0.4, -0.2) is 6.54 Å². The first-order chi connectivity index (χ1) is 9.70. The zero-order valence-corrected chi connectivity index (χ0v) is 12.9. The topological polar surface area (TPSA) is 21.3 Å². The van der Waals surface area contributed by atoms with Gasteiger partial charge in [0, 0.05) is 16.6 Å². The van der Waals surface area contributed by atoms with Gasteiger partial charge >= 0.3 is 0 Å². The van der Waals surface area contributed by atoms with Crippen LogP contribution >= 0.6 is 15.9 Å². The molecule has 0 aliphatic carbocycles. The maximum Gasteiger partial charge on any atom is 0.165 e. The molecule has 0 spiro atoms. The van der Waals surface area contributed by atoms with Crippen LogP contribution in [0.15, 0.2) is 46.9 Å². The van der Waals surface area contributed by atoms with Crippen LogP contribution in [0.25, 0.3) is 0 Å². The molecule has 106 valence electrons. The smallest absolute Gasteiger partial charge is 0.165 e. The van der Waals surface area contributed by atoms with Gasteiger partial charge in [-0.15, -0.1) is 0 Å². The lowest BCUT2D eigenvalue weighted by atomic mass is 10.2. The first-order valence-electron chi connectivity index (χ1n) is 6.56. The third kappa shape index (κ3) is 4.05. The molecule has 2 nitrogen and oxygen atoms in total. The second-order valence-corrected chi connectivity index (χ2v) is 5.34. The fraction of sp³-hybridized carbons (Fsp3) is 0.250. The van der Waals surface area contributed by atoms with Gasteiger partial charge in [0.15, 0.2) is 11.6 Å². The van der Waals surface area contributed by atoms with Crippen LogP contribution in [0.5, 0.6) is 5.75 Å². The highest BCUT2D eigenvalue weighted by Gasteiger charge is 2.09. The molecule has 0 aliphatic heterocycles. The van der Waals surface area contributed by atoms with Gasteiger partial charge < -0.3 is 10.1 Å². The largest absolute Gasteiger partial charge is 0.485 e. The molecule has 0 heterocycles. The van der Waals surface area contributed by atoms with E-state index in [0.717, 1.165) is 22.1 Å². The summed E-state index contributed by atoms with van der Waals surface area (Å²) in [5.74, 6) is 0.00823. The zero-order valence-electron chi connectivity index (χ0n) is 11.3. The lowest BCUT2D eigenvalue weighted by Gasteiger charge is -2.13. The minimum absolute atomic E-state index is 0.322. The lowest BCUT2D eigenvalue weighted by Crippen LogP contribution is -2.13. The van der Waals surface area contributed by atoms with Crippen molar-refractivity contribution >= 4 is 15.9 Å². The Kier molecular flexibility index (Phi) is 5.56. The summed E-state index contributed by atoms with van der Waals surface area (Å²) in [6.07, 6.45) is 0. The molecule has 0 amide bonds. The molecule has 0 saturated carbocycles. The van der Waals surface area contributed by atoms with Crippen LogP contribution in [0, 0.1) is 5.82 Å². The van der Waals surface area contributed by atoms with Gasteiger partial charge in [-0.3, -0.25) is 0 Å². The van der Waals surface area contributed by atoms with Crippen LogP contribution in [0.2, 0.25) is 0 Å². The predicted octanol–water partition coefficient (Wildman–Crippen LogP) is 4.28. The Balaban J connectivity index is 2.09. The minimum atomic E-state index is -0.322. The summed E-state index contributed by atoms with van der Waals surface area (Å²) in [5, 5.41) is 3.18. The second kappa shape index (κ2) is 7.41. The lowest BCUT2D eigenvalue weighted by molar-refractivity contribution is 0.286. The summed E-state index contributed by atoms with van der Waals surface area (Å²) in [5.41, 5.74) is 1.84. The SMILES string of the molecule is CCNCc1cccc(F)c1OCc1ccc(Br)cc1. The maximum absolute atomic E-state index is 13.9. The number of para-hydroxylation sites is 1. The van der Waals surface area contributed by atoms with Gasteiger partial charge in [0.25, 0.3) is 0 Å². The Hall–Kier alpha value is -1.39. The van der Waals surface area contributed by atoms with Crippen LogP contribution in [0.1, 0.15) is 18.1 Å². The molecule has 0 atom stereocenters. The van der Waals surface area contributed by atoms with E-state index < -0.39 is 0 Å². The van der Waals surface area contributed by atoms with E-state index in [2.05, 4.69) is 21.2 Å². The summed E-state index contributed by atoms with van der Waals surface area (Å²) in [4.78, 5) is 0. The van der Waals surface area contributed by atoms with E-state index in [-0.39, 0.29) is 5.82 Å². The van der Waals surface area contributed by atoms with Gasteiger partial charge in [-0.25, -0.2) is 4.39 Å². The minimum Gasteiger partial charge on any atom is -0.485 e. The van der Waals surface area contributed by atoms with E-state index >= 15 is 0 Å². The third-order valence-electron chi connectivity index (χ3n) is 2.91. The maximum atomic E-state index is 13.9. The highest BCUT2D eigenvalue weighted by Crippen LogP contribution is 2.24. The fourth-order valence-corrected chi connectivity index (χ4v) is 2.11. The monoisotopic (exact) mass is 337 g/mol. The predicted molar refractivity (Wildman–Crippen MR) is 82.3 cm³/mol. The van der Waals surface area contributed by atoms with Crippen LogP contribution in [-0.2, 0) is 13.2 Å². The Morgan fingerprint density at radius 1 is 1.15 bits per heavy atom. The van der Waals surface area contributed by atoms with Gasteiger partial charge in [-0.05, 0) is 30.3 Å². The van der Waals surface area contributed by atoms with Gasteiger partial charge in [0.2, 0.25) is 0 Å². The molecule has 1 N–H and O–H groups in total. The van der Waals surface area contributed by atoms with Gasteiger partial charge in [0.1, 0.15) is 6.61 Å². The molecule has 0 fully saturated rings. The molecule has 0 radical (unpaired) electrons. The average molecular weight is 338 g/mol. The van der Waals surface area contributed by atoms with E-state index in [4.69, 9.17) is 4.74 Å². The van der Waals surface area contributed by atoms with Crippen molar-refractivity contribution in [3.8, 4) is 5.75 Å². The molecule has 20 heavy (non-hydrogen) atoms. The van der Waals surface area contributed by atoms with Crippen molar-refractivity contribution in [3.05, 3.63) is 63.9 Å². The molecular weight excluding hydrogens is 321 g/mol. The molecule has 0 bridgehead atoms. The Morgan fingerprint density at radius 2 is 1.90 bits per heavy atom. The molecule has 4 heteroatoms. The number of hydrogen-bond acceptors (Lipinski definition) is 2. The Labute approximate surface area is 127 Å². The molecular formula is C16H17BrFNO. The number of halogens is 2. The first kappa shape index (κ1) is 15.0. The standard InChI is InChI=1S/C16H17BrFNO/c1-2-19-10-13-4-3-5-15(18)16(13)20-11-12-6-8-14(17)9-7-12/h3-9,19H,2,10-11H2,1H3. The molecule has 2 aromatic rings. The number of ether oxygens (including phenoxy) is 1. The fourth-order valence-electron chi connectivity index (χ4n) is 1.85. The summed E-state index contributed by atoms with van der Waals surface area (Å²) >= 11 is 3.38. The van der Waals surface area contributed by atoms with Crippen molar-refractivity contribution in [2.75, 3.05) is 6.54 Å². The molecule has 0 aliphatic rings. The van der Waals surface area contributed by atoms with Gasteiger partial charge in [-0.2, -0.15) is 0 Å². The molecule has 2 rings (SSSR count). The molecule has 0 unspecified atom stereocenters. The van der Waals surface area contributed by atoms with Crippen molar-refractivity contribution in [1.82, 2.24) is 5.32 Å². The number of nitrogens with one attached hydrogen (secondary N) is 1. The van der Waals surface area contributed by atoms with E-state index in [9.17, 15) is 4.39 Å². The average Bonchev–Trinajstić information content (AvgIpc) is 2.46. The van der Waals surface area contributed by atoms with Gasteiger partial charge in [0.05, 0.1) is 0 Å². The van der Waals surface area contributed by atoms with Crippen LogP contribution < -0.4 is 10.1 Å². The van der Waals surface area contributed by atoms with Crippen molar-refractivity contribution in [2.45, 2.75) is 20.1 Å². The van der Waals surface area contributed by atoms with E-state index in [1.165, 1.54) is 6.07 Å². The summed E-state index contributed by atoms with van der Waals surface area (Å²) in [6, 6.07) is 12.8.